The number of rotatable bonds is 13. The van der Waals surface area contributed by atoms with E-state index in [0.717, 1.165) is 146 Å². The van der Waals surface area contributed by atoms with Crippen LogP contribution < -0.4 is 79.3 Å². The number of aliphatic hydroxyl groups is 1. The van der Waals surface area contributed by atoms with Crippen LogP contribution >= 0.6 is 50.5 Å². The average molecular weight is 1640 g/mol. The number of imidazole rings is 3. The van der Waals surface area contributed by atoms with E-state index in [9.17, 15) is 41.7 Å². The Hall–Kier alpha value is -4.74. The van der Waals surface area contributed by atoms with E-state index >= 15 is 0 Å². The summed E-state index contributed by atoms with van der Waals surface area (Å²) in [4.78, 5) is 74.7. The van der Waals surface area contributed by atoms with Crippen molar-refractivity contribution in [3.8, 4) is 12.0 Å². The number of benzene rings is 4. The van der Waals surface area contributed by atoms with E-state index in [0.29, 0.717) is 75.7 Å². The monoisotopic (exact) mass is 1630 g/mol. The maximum absolute atomic E-state index is 12.9. The number of methoxy groups -OCH3 is 3. The van der Waals surface area contributed by atoms with Crippen molar-refractivity contribution in [3.63, 3.8) is 0 Å². The molecule has 4 aromatic carbocycles. The molecule has 33 heteroatoms. The van der Waals surface area contributed by atoms with Gasteiger partial charge in [0.1, 0.15) is 18.3 Å². The molecule has 0 radical (unpaired) electrons. The minimum Gasteiger partial charge on any atom is -1.00 e. The molecular weight excluding hydrogens is 1540 g/mol. The third-order valence-electron chi connectivity index (χ3n) is 20.9. The maximum atomic E-state index is 12.9. The van der Waals surface area contributed by atoms with Crippen molar-refractivity contribution in [1.29, 1.82) is 0 Å². The number of nitrogens with zero attached hydrogens (tertiary/aromatic N) is 8. The molecule has 109 heavy (non-hydrogen) atoms. The molecule has 3 aromatic heterocycles. The normalized spacial score (nSPS) is 22.8. The number of hydrogen-bond donors (Lipinski definition) is 3. The smallest absolute Gasteiger partial charge is 1.00 e. The third kappa shape index (κ3) is 25.6. The van der Waals surface area contributed by atoms with Crippen molar-refractivity contribution in [2.45, 2.75) is 236 Å². The van der Waals surface area contributed by atoms with Crippen molar-refractivity contribution in [1.82, 2.24) is 28.7 Å². The molecular formula is C76H97Cl4F3N9Na2O14P. The number of anilines is 1. The molecule has 8 aliphatic carbocycles. The van der Waals surface area contributed by atoms with Crippen LogP contribution in [0.1, 0.15) is 241 Å². The molecule has 4 N–H and O–H groups in total. The molecule has 0 spiro atoms. The van der Waals surface area contributed by atoms with Crippen LogP contribution in [0.5, 0.6) is 12.0 Å². The number of carbonyl (C=O) groups is 5. The Morgan fingerprint density at radius 1 is 0.523 bits per heavy atom. The second-order valence-corrected chi connectivity index (χ2v) is 36.4. The van der Waals surface area contributed by atoms with Crippen molar-refractivity contribution in [3.05, 3.63) is 111 Å². The van der Waals surface area contributed by atoms with Crippen LogP contribution in [-0.2, 0) is 34.7 Å². The van der Waals surface area contributed by atoms with Crippen LogP contribution in [0.4, 0.5) is 18.9 Å². The molecule has 1 amide bonds. The van der Waals surface area contributed by atoms with Gasteiger partial charge in [0.2, 0.25) is 11.2 Å². The number of halogens is 7. The minimum absolute atomic E-state index is 0. The van der Waals surface area contributed by atoms with Crippen molar-refractivity contribution < 1.29 is 141 Å². The van der Waals surface area contributed by atoms with Gasteiger partial charge in [0.15, 0.2) is 0 Å². The minimum atomic E-state index is -4.17. The summed E-state index contributed by atoms with van der Waals surface area (Å²) < 4.78 is 86.8. The first kappa shape index (κ1) is 89.8. The second-order valence-electron chi connectivity index (χ2n) is 29.4. The molecule has 1 aliphatic heterocycles. The molecule has 23 nitrogen and oxygen atoms in total. The molecule has 586 valence electrons. The summed E-state index contributed by atoms with van der Waals surface area (Å²) in [6.45, 7) is 6.84. The number of ether oxygens (including phenoxy) is 6. The molecule has 7 aromatic rings. The molecule has 0 unspecified atom stereocenters. The number of aromatic nitrogens is 6. The van der Waals surface area contributed by atoms with Gasteiger partial charge in [0.05, 0.1) is 95.1 Å². The summed E-state index contributed by atoms with van der Waals surface area (Å²) in [5.41, 5.74) is 11.0. The van der Waals surface area contributed by atoms with E-state index in [-0.39, 0.29) is 128 Å². The van der Waals surface area contributed by atoms with E-state index in [2.05, 4.69) is 83.9 Å². The Labute approximate surface area is 698 Å². The summed E-state index contributed by atoms with van der Waals surface area (Å²) >= 11 is 20.0. The largest absolute Gasteiger partial charge is 1.00 e. The first-order chi connectivity index (χ1) is 51.0. The van der Waals surface area contributed by atoms with Gasteiger partial charge in [-0.05, 0) is 296 Å². The molecule has 16 rings (SSSR count). The zero-order valence-electron chi connectivity index (χ0n) is 64.1. The van der Waals surface area contributed by atoms with Gasteiger partial charge in [-0.25, -0.2) is 24.2 Å². The number of aliphatic hydroxyl groups excluding tert-OH is 1. The predicted octanol–water partition coefficient (Wildman–Crippen LogP) is 13.2. The number of fused-ring (bicyclic) bond motifs is 4. The Morgan fingerprint density at radius 3 is 1.24 bits per heavy atom. The van der Waals surface area contributed by atoms with Gasteiger partial charge in [0, 0.05) is 29.9 Å². The summed E-state index contributed by atoms with van der Waals surface area (Å²) in [6.07, 6.45) is 19.2. The molecule has 0 atom stereocenters. The van der Waals surface area contributed by atoms with Crippen molar-refractivity contribution >= 4 is 119 Å². The second kappa shape index (κ2) is 41.0. The zero-order valence-corrected chi connectivity index (χ0v) is 71.0. The van der Waals surface area contributed by atoms with E-state index in [1.165, 1.54) is 59.9 Å². The van der Waals surface area contributed by atoms with Crippen molar-refractivity contribution in [2.75, 3.05) is 26.2 Å². The average Bonchev–Trinajstić information content (AvgIpc) is 1.63. The van der Waals surface area contributed by atoms with Crippen LogP contribution in [0.3, 0.4) is 0 Å². The van der Waals surface area contributed by atoms with Gasteiger partial charge in [-0.1, -0.05) is 20.8 Å². The van der Waals surface area contributed by atoms with Crippen LogP contribution in [0.15, 0.2) is 72.8 Å². The molecule has 0 saturated heterocycles. The summed E-state index contributed by atoms with van der Waals surface area (Å²) in [5, 5.41) is 13.3. The molecule has 4 heterocycles. The topological polar surface area (TPSA) is 295 Å². The third-order valence-corrected chi connectivity index (χ3v) is 21.2. The number of alkyl halides is 3. The SMILES string of the molecule is CC1CCC(O)CC1.CC1CCC(Oc2nc3cc(C(=O)OC4CCC(C(F)(F)F)CC4)ccc3n2C2CC2)CC1.COC(=O)c1ccc2c(c1)CC(=O)N2C1CC1.COC(=O)c1ccc2c(c1)nc(Cl)n2C1CC1.COC(=O)c1ccc2c(c1)nc(OC1CCC(C)CC1)n2C1CC1.N[N-]O.O=P(Cl)(Cl)Cl.[H-].[Na+].[Na+]. The fraction of sp³-hybridized carbons (Fsp3) is 0.579. The zero-order chi connectivity index (χ0) is 77.0. The quantitative estimate of drug-likeness (QED) is 0.0241. The Balaban J connectivity index is 0.000000194. The number of carbonyl (C=O) groups excluding carboxylic acids is 5. The number of amides is 1. The Bertz CT molecular complexity index is 4270. The van der Waals surface area contributed by atoms with E-state index in [1.54, 1.807) is 48.5 Å². The first-order valence-corrected chi connectivity index (χ1v) is 41.8. The van der Waals surface area contributed by atoms with E-state index < -0.39 is 29.4 Å². The molecule has 8 fully saturated rings. The molecule has 9 aliphatic rings. The summed E-state index contributed by atoms with van der Waals surface area (Å²) in [7, 11) is 4.12. The van der Waals surface area contributed by atoms with Crippen LogP contribution in [-0.4, -0.2) is 127 Å². The Morgan fingerprint density at radius 2 is 0.862 bits per heavy atom. The first-order valence-electron chi connectivity index (χ1n) is 37.0. The van der Waals surface area contributed by atoms with Crippen LogP contribution in [0.2, 0.25) is 5.28 Å². The Kier molecular flexibility index (Phi) is 33.8. The predicted molar refractivity (Wildman–Crippen MR) is 404 cm³/mol. The number of hydrogen-bond acceptors (Lipinski definition) is 18. The van der Waals surface area contributed by atoms with E-state index in [1.807, 2.05) is 39.3 Å². The van der Waals surface area contributed by atoms with Gasteiger partial charge in [-0.3, -0.25) is 18.5 Å². The standard InChI is InChI=1S/C25H31F3N2O3.C19H24N2O3.C13H13NO3.C12H11ClN2O2.C7H14O.Cl3OP.H3N2O.2Na.H/c1-15-2-9-20(10-3-15)33-24-29-21-14-16(4-13-22(21)30(24)18-7-8-18)23(31)32-19-11-5-17(6-12-19)25(26,27)28;1-12-3-8-15(9-4-12)24-19-20-16-11-13(18(22)23-2)5-10-17(16)21(19)14-6-7-14;1-17-13(16)8-2-5-11-9(6-8)7-12(15)14(11)10-3-4-10;1-17-11(16)7-2-5-10-9(6-7)14-12(13)15(10)8-3-4-8;1-6-2-4-7(8)5-3-6;1-5(2,3)4;1-2-3;;;/h4,13-15,17-20H,2-3,5-12H2,1H3;5,10-12,14-15H,3-4,6-9H2,1-2H3;2,5-6,10H,3-4,7H2,1H3;2,5-6,8H,3-4H2,1H3;6-8H,2-5H2,1H3;;3H,1H2;;;/q;;;;;;-1;2*+1;-1. The van der Waals surface area contributed by atoms with Crippen molar-refractivity contribution in [2.24, 2.45) is 29.5 Å². The van der Waals surface area contributed by atoms with Crippen LogP contribution in [0.25, 0.3) is 38.7 Å². The van der Waals surface area contributed by atoms with Crippen LogP contribution in [0, 0.1) is 23.7 Å². The van der Waals surface area contributed by atoms with Gasteiger partial charge in [-0.15, -0.1) is 0 Å². The maximum Gasteiger partial charge on any atom is 1.00 e. The van der Waals surface area contributed by atoms with Gasteiger partial charge in [-0.2, -0.15) is 23.1 Å². The van der Waals surface area contributed by atoms with Gasteiger partial charge in [0.25, 0.3) is 12.0 Å². The van der Waals surface area contributed by atoms with E-state index in [4.69, 9.17) is 50.8 Å². The van der Waals surface area contributed by atoms with Gasteiger partial charge >= 0.3 is 94.4 Å². The van der Waals surface area contributed by atoms with Gasteiger partial charge < -0.3 is 61.1 Å². The fourth-order valence-electron chi connectivity index (χ4n) is 14.3. The number of esters is 4. The summed E-state index contributed by atoms with van der Waals surface area (Å²) in [6, 6.07) is 24.6. The fourth-order valence-corrected chi connectivity index (χ4v) is 14.7. The molecule has 0 bridgehead atoms. The number of nitrogens with two attached hydrogens (primary N) is 1. The molecule has 8 saturated carbocycles. The summed E-state index contributed by atoms with van der Waals surface area (Å²) in [5.74, 6) is 3.73.